The third kappa shape index (κ3) is 4.98. The Hall–Kier alpha value is -2.23. The van der Waals surface area contributed by atoms with E-state index in [1.54, 1.807) is 25.2 Å². The average Bonchev–Trinajstić information content (AvgIpc) is 2.63. The summed E-state index contributed by atoms with van der Waals surface area (Å²) in [7, 11) is 0.821. The SMILES string of the molecule is CC(=O)N(C)Cc1ccccc1NC(=O)c1ccc(Br)c(S(=O)(=O)N(C)C)c1. The van der Waals surface area contributed by atoms with Gasteiger partial charge in [-0.25, -0.2) is 12.7 Å². The van der Waals surface area contributed by atoms with Gasteiger partial charge in [0.25, 0.3) is 5.91 Å². The first kappa shape index (κ1) is 22.1. The van der Waals surface area contributed by atoms with Crippen LogP contribution in [-0.2, 0) is 21.4 Å². The average molecular weight is 468 g/mol. The molecule has 0 aliphatic carbocycles. The van der Waals surface area contributed by atoms with Crippen LogP contribution < -0.4 is 5.32 Å². The maximum atomic E-state index is 12.7. The van der Waals surface area contributed by atoms with Crippen molar-refractivity contribution in [1.29, 1.82) is 0 Å². The smallest absolute Gasteiger partial charge is 0.255 e. The Morgan fingerprint density at radius 2 is 1.71 bits per heavy atom. The number of amides is 2. The number of carbonyl (C=O) groups excluding carboxylic acids is 2. The minimum Gasteiger partial charge on any atom is -0.342 e. The highest BCUT2D eigenvalue weighted by atomic mass is 79.9. The molecular weight excluding hydrogens is 446 g/mol. The van der Waals surface area contributed by atoms with Crippen LogP contribution >= 0.6 is 15.9 Å². The molecule has 2 amide bonds. The van der Waals surface area contributed by atoms with Gasteiger partial charge in [0.05, 0.1) is 4.90 Å². The fourth-order valence-electron chi connectivity index (χ4n) is 2.38. The molecule has 0 aliphatic heterocycles. The number of hydrogen-bond acceptors (Lipinski definition) is 4. The highest BCUT2D eigenvalue weighted by Crippen LogP contribution is 2.26. The molecule has 28 heavy (non-hydrogen) atoms. The standard InChI is InChI=1S/C19H22BrN3O4S/c1-13(24)23(4)12-15-7-5-6-8-17(15)21-19(25)14-9-10-16(20)18(11-14)28(26,27)22(2)3/h5-11H,12H2,1-4H3,(H,21,25). The van der Waals surface area contributed by atoms with Crippen LogP contribution in [0.4, 0.5) is 5.69 Å². The Morgan fingerprint density at radius 3 is 2.32 bits per heavy atom. The first-order valence-corrected chi connectivity index (χ1v) is 10.6. The third-order valence-corrected chi connectivity index (χ3v) is 6.97. The van der Waals surface area contributed by atoms with E-state index in [9.17, 15) is 18.0 Å². The van der Waals surface area contributed by atoms with Gasteiger partial charge in [-0.15, -0.1) is 0 Å². The maximum Gasteiger partial charge on any atom is 0.255 e. The highest BCUT2D eigenvalue weighted by molar-refractivity contribution is 9.10. The van der Waals surface area contributed by atoms with Crippen molar-refractivity contribution in [1.82, 2.24) is 9.21 Å². The lowest BCUT2D eigenvalue weighted by Crippen LogP contribution is -2.24. The lowest BCUT2D eigenvalue weighted by molar-refractivity contribution is -0.128. The summed E-state index contributed by atoms with van der Waals surface area (Å²) in [6.07, 6.45) is 0. The quantitative estimate of drug-likeness (QED) is 0.707. The van der Waals surface area contributed by atoms with Gasteiger partial charge in [0.15, 0.2) is 0 Å². The van der Waals surface area contributed by atoms with Crippen molar-refractivity contribution in [2.45, 2.75) is 18.4 Å². The first-order valence-electron chi connectivity index (χ1n) is 8.37. The van der Waals surface area contributed by atoms with E-state index in [0.717, 1.165) is 9.87 Å². The largest absolute Gasteiger partial charge is 0.342 e. The summed E-state index contributed by atoms with van der Waals surface area (Å²) in [4.78, 5) is 25.8. The van der Waals surface area contributed by atoms with Gasteiger partial charge in [0, 0.05) is 50.3 Å². The predicted molar refractivity (Wildman–Crippen MR) is 112 cm³/mol. The van der Waals surface area contributed by atoms with Gasteiger partial charge in [-0.05, 0) is 45.8 Å². The monoisotopic (exact) mass is 467 g/mol. The molecule has 2 rings (SSSR count). The van der Waals surface area contributed by atoms with Gasteiger partial charge >= 0.3 is 0 Å². The lowest BCUT2D eigenvalue weighted by Gasteiger charge is -2.18. The molecule has 0 bridgehead atoms. The second-order valence-electron chi connectivity index (χ2n) is 6.42. The van der Waals surface area contributed by atoms with E-state index in [2.05, 4.69) is 21.2 Å². The predicted octanol–water partition coefficient (Wildman–Crippen LogP) is 2.93. The molecule has 0 heterocycles. The van der Waals surface area contributed by atoms with Gasteiger partial charge in [-0.1, -0.05) is 18.2 Å². The van der Waals surface area contributed by atoms with Crippen LogP contribution in [0.15, 0.2) is 51.8 Å². The van der Waals surface area contributed by atoms with Crippen LogP contribution in [-0.4, -0.2) is 50.6 Å². The molecule has 9 heteroatoms. The number of carbonyl (C=O) groups is 2. The Labute approximate surface area is 173 Å². The third-order valence-electron chi connectivity index (χ3n) is 4.16. The molecule has 0 unspecified atom stereocenters. The zero-order valence-corrected chi connectivity index (χ0v) is 18.5. The van der Waals surface area contributed by atoms with Gasteiger partial charge in [-0.3, -0.25) is 9.59 Å². The normalized spacial score (nSPS) is 11.4. The van der Waals surface area contributed by atoms with E-state index >= 15 is 0 Å². The van der Waals surface area contributed by atoms with Crippen molar-refractivity contribution < 1.29 is 18.0 Å². The van der Waals surface area contributed by atoms with E-state index in [-0.39, 0.29) is 16.4 Å². The molecule has 0 atom stereocenters. The number of nitrogens with one attached hydrogen (secondary N) is 1. The van der Waals surface area contributed by atoms with E-state index in [4.69, 9.17) is 0 Å². The molecule has 7 nitrogen and oxygen atoms in total. The molecular formula is C19H22BrN3O4S. The number of hydrogen-bond donors (Lipinski definition) is 1. The Kier molecular flexibility index (Phi) is 6.97. The molecule has 0 saturated heterocycles. The topological polar surface area (TPSA) is 86.8 Å². The van der Waals surface area contributed by atoms with E-state index in [1.165, 1.54) is 38.1 Å². The number of anilines is 1. The fraction of sp³-hybridized carbons (Fsp3) is 0.263. The van der Waals surface area contributed by atoms with E-state index < -0.39 is 15.9 Å². The van der Waals surface area contributed by atoms with Gasteiger partial charge in [0.1, 0.15) is 0 Å². The number of rotatable bonds is 6. The zero-order chi connectivity index (χ0) is 21.1. The number of halogens is 1. The van der Waals surface area contributed by atoms with Crippen molar-refractivity contribution in [2.75, 3.05) is 26.5 Å². The molecule has 0 radical (unpaired) electrons. The summed E-state index contributed by atoms with van der Waals surface area (Å²) in [5.74, 6) is -0.534. The molecule has 0 spiro atoms. The summed E-state index contributed by atoms with van der Waals surface area (Å²) < 4.78 is 26.4. The second kappa shape index (κ2) is 8.85. The summed E-state index contributed by atoms with van der Waals surface area (Å²) in [6, 6.07) is 11.5. The number of nitrogens with zero attached hydrogens (tertiary/aromatic N) is 2. The van der Waals surface area contributed by atoms with Crippen LogP contribution in [0.2, 0.25) is 0 Å². The Morgan fingerprint density at radius 1 is 1.07 bits per heavy atom. The number of sulfonamides is 1. The van der Waals surface area contributed by atoms with Crippen molar-refractivity contribution in [2.24, 2.45) is 0 Å². The Balaban J connectivity index is 2.33. The van der Waals surface area contributed by atoms with Crippen molar-refractivity contribution >= 4 is 43.5 Å². The molecule has 2 aromatic carbocycles. The lowest BCUT2D eigenvalue weighted by atomic mass is 10.1. The van der Waals surface area contributed by atoms with Crippen LogP contribution in [0.1, 0.15) is 22.8 Å². The summed E-state index contributed by atoms with van der Waals surface area (Å²) >= 11 is 3.23. The summed E-state index contributed by atoms with van der Waals surface area (Å²) in [6.45, 7) is 1.81. The van der Waals surface area contributed by atoms with E-state index in [0.29, 0.717) is 16.7 Å². The van der Waals surface area contributed by atoms with Gasteiger partial charge in [0.2, 0.25) is 15.9 Å². The molecule has 150 valence electrons. The number of benzene rings is 2. The van der Waals surface area contributed by atoms with Crippen LogP contribution in [0.5, 0.6) is 0 Å². The van der Waals surface area contributed by atoms with Crippen molar-refractivity contribution in [3.05, 3.63) is 58.1 Å². The summed E-state index contributed by atoms with van der Waals surface area (Å²) in [5, 5.41) is 2.80. The summed E-state index contributed by atoms with van der Waals surface area (Å²) in [5.41, 5.74) is 1.53. The van der Waals surface area contributed by atoms with Crippen LogP contribution in [0.25, 0.3) is 0 Å². The molecule has 0 aliphatic rings. The molecule has 2 aromatic rings. The van der Waals surface area contributed by atoms with Crippen LogP contribution in [0, 0.1) is 0 Å². The van der Waals surface area contributed by atoms with Gasteiger partial charge in [-0.2, -0.15) is 0 Å². The van der Waals surface area contributed by atoms with Crippen molar-refractivity contribution in [3.63, 3.8) is 0 Å². The molecule has 1 N–H and O–H groups in total. The van der Waals surface area contributed by atoms with Gasteiger partial charge < -0.3 is 10.2 Å². The highest BCUT2D eigenvalue weighted by Gasteiger charge is 2.22. The van der Waals surface area contributed by atoms with Crippen molar-refractivity contribution in [3.8, 4) is 0 Å². The fourth-order valence-corrected chi connectivity index (χ4v) is 4.22. The maximum absolute atomic E-state index is 12.7. The number of para-hydroxylation sites is 1. The van der Waals surface area contributed by atoms with E-state index in [1.807, 2.05) is 12.1 Å². The minimum absolute atomic E-state index is 0.00903. The molecule has 0 aromatic heterocycles. The Bertz CT molecular complexity index is 1010. The minimum atomic E-state index is -3.71. The zero-order valence-electron chi connectivity index (χ0n) is 16.1. The van der Waals surface area contributed by atoms with Crippen LogP contribution in [0.3, 0.4) is 0 Å². The second-order valence-corrected chi connectivity index (χ2v) is 9.39. The molecule has 0 saturated carbocycles. The molecule has 0 fully saturated rings. The first-order chi connectivity index (χ1) is 13.0.